The van der Waals surface area contributed by atoms with Crippen molar-refractivity contribution in [2.45, 2.75) is 0 Å². The van der Waals surface area contributed by atoms with Crippen LogP contribution in [-0.2, 0) is 9.47 Å². The van der Waals surface area contributed by atoms with Gasteiger partial charge in [-0.3, -0.25) is 0 Å². The summed E-state index contributed by atoms with van der Waals surface area (Å²) in [6, 6.07) is 5.19. The molecule has 8 nitrogen and oxygen atoms in total. The molecule has 2 aliphatic heterocycles. The van der Waals surface area contributed by atoms with Gasteiger partial charge in [0.2, 0.25) is 5.95 Å². The number of hydrogen-bond donors (Lipinski definition) is 1. The van der Waals surface area contributed by atoms with Crippen LogP contribution in [0.3, 0.4) is 0 Å². The zero-order valence-electron chi connectivity index (χ0n) is 14.7. The highest BCUT2D eigenvalue weighted by molar-refractivity contribution is 6.35. The van der Waals surface area contributed by atoms with Crippen LogP contribution in [0.1, 0.15) is 0 Å². The van der Waals surface area contributed by atoms with Crippen molar-refractivity contribution in [1.82, 2.24) is 15.2 Å². The molecule has 27 heavy (non-hydrogen) atoms. The van der Waals surface area contributed by atoms with Crippen molar-refractivity contribution in [3.8, 4) is 0 Å². The third-order valence-electron chi connectivity index (χ3n) is 4.45. The molecular weight excluding hydrogens is 391 g/mol. The van der Waals surface area contributed by atoms with E-state index < -0.39 is 0 Å². The van der Waals surface area contributed by atoms with Gasteiger partial charge in [-0.05, 0) is 18.2 Å². The molecule has 3 heterocycles. The molecule has 4 rings (SSSR count). The van der Waals surface area contributed by atoms with E-state index >= 15 is 0 Å². The van der Waals surface area contributed by atoms with Crippen LogP contribution < -0.4 is 15.1 Å². The normalized spacial score (nSPS) is 17.9. The van der Waals surface area contributed by atoms with Gasteiger partial charge in [-0.25, -0.2) is 0 Å². The maximum Gasteiger partial charge on any atom is 0.249 e. The van der Waals surface area contributed by atoms with Gasteiger partial charge in [0, 0.05) is 31.2 Å². The van der Waals surface area contributed by atoms with E-state index in [9.17, 15) is 0 Å². The Morgan fingerprint density at radius 2 is 1.48 bits per heavy atom. The van der Waals surface area contributed by atoms with Gasteiger partial charge in [0.15, 0.2) is 11.6 Å². The molecule has 2 aliphatic rings. The summed E-state index contributed by atoms with van der Waals surface area (Å²) in [6.45, 7) is 5.71. The van der Waals surface area contributed by atoms with E-state index in [0.29, 0.717) is 48.1 Å². The Balaban J connectivity index is 1.65. The van der Waals surface area contributed by atoms with E-state index in [2.05, 4.69) is 25.3 Å². The molecule has 0 aliphatic carbocycles. The lowest BCUT2D eigenvalue weighted by atomic mass is 10.3. The van der Waals surface area contributed by atoms with Crippen LogP contribution in [0.25, 0.3) is 0 Å². The Labute approximate surface area is 167 Å². The highest BCUT2D eigenvalue weighted by Gasteiger charge is 2.24. The van der Waals surface area contributed by atoms with Crippen molar-refractivity contribution < 1.29 is 9.47 Å². The van der Waals surface area contributed by atoms with E-state index in [1.165, 1.54) is 0 Å². The first-order chi connectivity index (χ1) is 13.2. The topological polar surface area (TPSA) is 75.6 Å². The second-order valence-corrected chi connectivity index (χ2v) is 7.07. The molecule has 2 aromatic rings. The van der Waals surface area contributed by atoms with Crippen molar-refractivity contribution in [2.24, 2.45) is 0 Å². The molecule has 10 heteroatoms. The number of ether oxygens (including phenoxy) is 2. The van der Waals surface area contributed by atoms with E-state index in [0.717, 1.165) is 37.8 Å². The lowest BCUT2D eigenvalue weighted by Crippen LogP contribution is -2.41. The predicted molar refractivity (Wildman–Crippen MR) is 106 cm³/mol. The van der Waals surface area contributed by atoms with Gasteiger partial charge < -0.3 is 24.6 Å². The summed E-state index contributed by atoms with van der Waals surface area (Å²) < 4.78 is 10.9. The van der Waals surface area contributed by atoms with Crippen LogP contribution in [0.15, 0.2) is 18.2 Å². The molecule has 0 amide bonds. The summed E-state index contributed by atoms with van der Waals surface area (Å²) in [5, 5.41) is 13.0. The Hall–Kier alpha value is -1.87. The molecular formula is C17H20Cl2N6O2. The minimum absolute atomic E-state index is 0.373. The second kappa shape index (κ2) is 8.43. The van der Waals surface area contributed by atoms with Crippen LogP contribution in [0.4, 0.5) is 23.3 Å². The molecule has 0 radical (unpaired) electrons. The first-order valence-corrected chi connectivity index (χ1v) is 9.58. The number of hydrogen-bond acceptors (Lipinski definition) is 8. The molecule has 1 aromatic heterocycles. The molecule has 1 N–H and O–H groups in total. The summed E-state index contributed by atoms with van der Waals surface area (Å²) in [4.78, 5) is 9.07. The second-order valence-electron chi connectivity index (χ2n) is 6.23. The first-order valence-electron chi connectivity index (χ1n) is 8.83. The van der Waals surface area contributed by atoms with Crippen LogP contribution in [0.2, 0.25) is 10.0 Å². The van der Waals surface area contributed by atoms with Gasteiger partial charge in [-0.2, -0.15) is 4.98 Å². The number of halogens is 2. The van der Waals surface area contributed by atoms with E-state index in [1.807, 2.05) is 0 Å². The Morgan fingerprint density at radius 3 is 2.15 bits per heavy atom. The Bertz CT molecular complexity index is 797. The lowest BCUT2D eigenvalue weighted by Gasteiger charge is -2.33. The standard InChI is InChI=1S/C17H20Cl2N6O2/c18-12-1-2-13(19)14(11-12)20-17-21-15(24-3-7-26-8-4-24)16(22-23-17)25-5-9-27-10-6-25/h1-2,11H,3-10H2,(H,20,21,23). The molecule has 0 unspecified atom stereocenters. The van der Waals surface area contributed by atoms with Crippen LogP contribution in [0.5, 0.6) is 0 Å². The molecule has 2 fully saturated rings. The fourth-order valence-corrected chi connectivity index (χ4v) is 3.38. The molecule has 0 saturated carbocycles. The van der Waals surface area contributed by atoms with Gasteiger partial charge >= 0.3 is 0 Å². The van der Waals surface area contributed by atoms with Crippen molar-refractivity contribution >= 4 is 46.5 Å². The molecule has 0 bridgehead atoms. The van der Waals surface area contributed by atoms with Crippen molar-refractivity contribution in [2.75, 3.05) is 67.7 Å². The zero-order chi connectivity index (χ0) is 18.6. The van der Waals surface area contributed by atoms with Gasteiger partial charge in [0.25, 0.3) is 0 Å². The predicted octanol–water partition coefficient (Wildman–Crippen LogP) is 2.60. The average molecular weight is 411 g/mol. The van der Waals surface area contributed by atoms with Gasteiger partial charge in [-0.1, -0.05) is 23.2 Å². The Kier molecular flexibility index (Phi) is 5.77. The fourth-order valence-electron chi connectivity index (χ4n) is 3.05. The minimum atomic E-state index is 0.373. The highest BCUT2D eigenvalue weighted by Crippen LogP contribution is 2.30. The summed E-state index contributed by atoms with van der Waals surface area (Å²) in [7, 11) is 0. The lowest BCUT2D eigenvalue weighted by molar-refractivity contribution is 0.120. The zero-order valence-corrected chi connectivity index (χ0v) is 16.2. The molecule has 2 saturated heterocycles. The number of morpholine rings is 2. The largest absolute Gasteiger partial charge is 0.378 e. The average Bonchev–Trinajstić information content (AvgIpc) is 2.72. The van der Waals surface area contributed by atoms with Crippen molar-refractivity contribution in [3.63, 3.8) is 0 Å². The minimum Gasteiger partial charge on any atom is -0.378 e. The van der Waals surface area contributed by atoms with Crippen LogP contribution in [0, 0.1) is 0 Å². The summed E-state index contributed by atoms with van der Waals surface area (Å²) in [6.07, 6.45) is 0. The molecule has 1 aromatic carbocycles. The monoisotopic (exact) mass is 410 g/mol. The number of benzene rings is 1. The van der Waals surface area contributed by atoms with Gasteiger partial charge in [0.1, 0.15) is 0 Å². The summed E-state index contributed by atoms with van der Waals surface area (Å²) in [5.41, 5.74) is 0.637. The molecule has 144 valence electrons. The number of rotatable bonds is 4. The van der Waals surface area contributed by atoms with Crippen molar-refractivity contribution in [1.29, 1.82) is 0 Å². The van der Waals surface area contributed by atoms with E-state index in [1.54, 1.807) is 18.2 Å². The number of anilines is 4. The third-order valence-corrected chi connectivity index (χ3v) is 5.01. The number of nitrogens with one attached hydrogen (secondary N) is 1. The molecule has 0 spiro atoms. The van der Waals surface area contributed by atoms with Gasteiger partial charge in [-0.15, -0.1) is 10.2 Å². The summed E-state index contributed by atoms with van der Waals surface area (Å²) in [5.74, 6) is 1.93. The highest BCUT2D eigenvalue weighted by atomic mass is 35.5. The Morgan fingerprint density at radius 1 is 0.852 bits per heavy atom. The SMILES string of the molecule is Clc1ccc(Cl)c(Nc2nnc(N3CCOCC3)c(N3CCOCC3)n2)c1. The fraction of sp³-hybridized carbons (Fsp3) is 0.471. The maximum atomic E-state index is 6.24. The number of nitrogens with zero attached hydrogens (tertiary/aromatic N) is 5. The first kappa shape index (κ1) is 18.5. The number of aromatic nitrogens is 3. The summed E-state index contributed by atoms with van der Waals surface area (Å²) >= 11 is 12.3. The maximum absolute atomic E-state index is 6.24. The van der Waals surface area contributed by atoms with Crippen LogP contribution >= 0.6 is 23.2 Å². The molecule has 0 atom stereocenters. The van der Waals surface area contributed by atoms with Gasteiger partial charge in [0.05, 0.1) is 37.1 Å². The van der Waals surface area contributed by atoms with Crippen molar-refractivity contribution in [3.05, 3.63) is 28.2 Å². The van der Waals surface area contributed by atoms with Crippen LogP contribution in [-0.4, -0.2) is 67.8 Å². The third kappa shape index (κ3) is 4.35. The van der Waals surface area contributed by atoms with E-state index in [4.69, 9.17) is 37.7 Å². The quantitative estimate of drug-likeness (QED) is 0.823. The smallest absolute Gasteiger partial charge is 0.249 e. The van der Waals surface area contributed by atoms with E-state index in [-0.39, 0.29) is 0 Å².